The van der Waals surface area contributed by atoms with Crippen LogP contribution >= 0.6 is 0 Å². The van der Waals surface area contributed by atoms with Crippen LogP contribution in [0, 0.1) is 0 Å². The number of carbonyl (C=O) groups excluding carboxylic acids is 2. The van der Waals surface area contributed by atoms with Crippen LogP contribution in [-0.2, 0) is 9.63 Å². The summed E-state index contributed by atoms with van der Waals surface area (Å²) < 4.78 is -0.453. The number of hydroxylamine groups is 5. The van der Waals surface area contributed by atoms with Crippen LogP contribution in [0.15, 0.2) is 0 Å². The summed E-state index contributed by atoms with van der Waals surface area (Å²) in [4.78, 5) is 32.5. The van der Waals surface area contributed by atoms with Crippen molar-refractivity contribution in [3.63, 3.8) is 0 Å². The summed E-state index contributed by atoms with van der Waals surface area (Å²) in [6.07, 6.45) is 2.58. The van der Waals surface area contributed by atoms with Crippen molar-refractivity contribution in [1.82, 2.24) is 9.96 Å². The number of hydrogen-bond donors (Lipinski definition) is 2. The van der Waals surface area contributed by atoms with Gasteiger partial charge in [-0.1, -0.05) is 4.65 Å². The number of nitrogens with two attached hydrogens (primary N) is 1. The van der Waals surface area contributed by atoms with Gasteiger partial charge < -0.3 is 10.6 Å². The highest BCUT2D eigenvalue weighted by Gasteiger charge is 2.64. The molecule has 8 heteroatoms. The average molecular weight is 299 g/mol. The van der Waals surface area contributed by atoms with Gasteiger partial charge in [0.1, 0.15) is 18.7 Å². The lowest BCUT2D eigenvalue weighted by Gasteiger charge is -2.39. The van der Waals surface area contributed by atoms with Crippen LogP contribution in [0.5, 0.6) is 0 Å². The fourth-order valence-electron chi connectivity index (χ4n) is 3.70. The number of amides is 3. The highest BCUT2D eigenvalue weighted by molar-refractivity contribution is 5.82. The van der Waals surface area contributed by atoms with Gasteiger partial charge in [0.15, 0.2) is 0 Å². The van der Waals surface area contributed by atoms with Gasteiger partial charge in [0.2, 0.25) is 6.04 Å². The van der Waals surface area contributed by atoms with Gasteiger partial charge >= 0.3 is 6.03 Å². The fraction of sp³-hybridized carbons (Fsp3) is 0.846. The molecule has 3 aliphatic heterocycles. The van der Waals surface area contributed by atoms with Crippen LogP contribution in [0.4, 0.5) is 4.79 Å². The van der Waals surface area contributed by atoms with E-state index in [-0.39, 0.29) is 12.1 Å². The second kappa shape index (κ2) is 5.20. The molecule has 0 saturated carbocycles. The van der Waals surface area contributed by atoms with Gasteiger partial charge in [0, 0.05) is 19.5 Å². The molecule has 2 bridgehead atoms. The van der Waals surface area contributed by atoms with E-state index in [9.17, 15) is 14.8 Å². The van der Waals surface area contributed by atoms with E-state index in [4.69, 9.17) is 10.6 Å². The average Bonchev–Trinajstić information content (AvgIpc) is 2.63. The monoisotopic (exact) mass is 299 g/mol. The number of nitrogens with zero attached hydrogens (tertiary/aromatic N) is 3. The Bertz CT molecular complexity index is 451. The van der Waals surface area contributed by atoms with E-state index in [1.165, 1.54) is 0 Å². The van der Waals surface area contributed by atoms with Crippen molar-refractivity contribution in [3.05, 3.63) is 0 Å². The number of quaternary nitrogens is 1. The fourth-order valence-corrected chi connectivity index (χ4v) is 3.70. The molecule has 3 atom stereocenters. The molecule has 3 amide bonds. The molecule has 0 aromatic rings. The van der Waals surface area contributed by atoms with Crippen molar-refractivity contribution in [2.24, 2.45) is 5.73 Å². The van der Waals surface area contributed by atoms with E-state index < -0.39 is 22.6 Å². The second-order valence-electron chi connectivity index (χ2n) is 6.36. The molecule has 3 rings (SSSR count). The highest BCUT2D eigenvalue weighted by atomic mass is 16.8. The predicted octanol–water partition coefficient (Wildman–Crippen LogP) is -0.330. The van der Waals surface area contributed by atoms with E-state index >= 15 is 0 Å². The largest absolute Gasteiger partial charge is 0.476 e. The van der Waals surface area contributed by atoms with Crippen molar-refractivity contribution in [1.29, 1.82) is 0 Å². The molecule has 0 aliphatic carbocycles. The number of hydrogen-bond acceptors (Lipinski definition) is 5. The zero-order valence-corrected chi connectivity index (χ0v) is 12.3. The zero-order valence-electron chi connectivity index (χ0n) is 12.3. The molecule has 0 radical (unpaired) electrons. The minimum absolute atomic E-state index is 0.0859. The molecule has 0 aromatic carbocycles. The zero-order chi connectivity index (χ0) is 15.2. The Kier molecular flexibility index (Phi) is 3.64. The topological polar surface area (TPSA) is 96.1 Å². The normalized spacial score (nSPS) is 38.0. The third-order valence-corrected chi connectivity index (χ3v) is 4.96. The summed E-state index contributed by atoms with van der Waals surface area (Å²) in [7, 11) is 2.04. The Morgan fingerprint density at radius 2 is 2.00 bits per heavy atom. The minimum Gasteiger partial charge on any atom is -0.364 e. The van der Waals surface area contributed by atoms with Crippen molar-refractivity contribution in [2.75, 3.05) is 26.7 Å². The number of rotatable bonds is 3. The Balaban J connectivity index is 1.83. The number of piperidine rings is 2. The molecule has 3 saturated heterocycles. The smallest absolute Gasteiger partial charge is 0.364 e. The summed E-state index contributed by atoms with van der Waals surface area (Å²) in [5.41, 5.74) is 5.48. The molecule has 3 fully saturated rings. The molecule has 0 aromatic heterocycles. The lowest BCUT2D eigenvalue weighted by molar-refractivity contribution is -1.06. The molecule has 8 nitrogen and oxygen atoms in total. The van der Waals surface area contributed by atoms with Crippen LogP contribution in [0.3, 0.4) is 0 Å². The molecule has 3 N–H and O–H groups in total. The summed E-state index contributed by atoms with van der Waals surface area (Å²) >= 11 is 0. The van der Waals surface area contributed by atoms with Gasteiger partial charge in [-0.15, -0.1) is 0 Å². The van der Waals surface area contributed by atoms with Crippen LogP contribution in [0.2, 0.25) is 0 Å². The van der Waals surface area contributed by atoms with Gasteiger partial charge in [-0.2, -0.15) is 9.90 Å². The molecule has 3 heterocycles. The first-order chi connectivity index (χ1) is 9.94. The first-order valence-electron chi connectivity index (χ1n) is 7.50. The Labute approximate surface area is 123 Å². The van der Waals surface area contributed by atoms with Gasteiger partial charge in [-0.05, 0) is 26.3 Å². The Morgan fingerprint density at radius 1 is 1.33 bits per heavy atom. The first-order valence-corrected chi connectivity index (χ1v) is 7.50. The number of likely N-dealkylation sites (tertiary alicyclic amines) is 1. The minimum atomic E-state index is -0.703. The number of urea groups is 1. The highest BCUT2D eigenvalue weighted by Crippen LogP contribution is 2.38. The van der Waals surface area contributed by atoms with Crippen molar-refractivity contribution in [2.45, 2.75) is 43.9 Å². The molecule has 118 valence electrons. The second-order valence-corrected chi connectivity index (χ2v) is 6.36. The van der Waals surface area contributed by atoms with E-state index in [2.05, 4.69) is 4.90 Å². The number of primary amides is 1. The summed E-state index contributed by atoms with van der Waals surface area (Å²) in [6, 6.07) is -1.54. The maximum Gasteiger partial charge on any atom is 0.476 e. The maximum absolute atomic E-state index is 12.5. The van der Waals surface area contributed by atoms with Crippen LogP contribution in [0.1, 0.15) is 25.7 Å². The van der Waals surface area contributed by atoms with Crippen LogP contribution < -0.4 is 5.73 Å². The van der Waals surface area contributed by atoms with Crippen molar-refractivity contribution >= 4 is 11.9 Å². The summed E-state index contributed by atoms with van der Waals surface area (Å²) in [6.45, 7) is 2.09. The van der Waals surface area contributed by atoms with Crippen molar-refractivity contribution in [3.8, 4) is 0 Å². The van der Waals surface area contributed by atoms with Crippen LogP contribution in [0.25, 0.3) is 0 Å². The lowest BCUT2D eigenvalue weighted by Crippen LogP contribution is -2.64. The Hall–Kier alpha value is -1.22. The predicted molar refractivity (Wildman–Crippen MR) is 71.8 cm³/mol. The first kappa shape index (κ1) is 14.7. The van der Waals surface area contributed by atoms with Gasteiger partial charge in [-0.3, -0.25) is 10.0 Å². The molecule has 1 unspecified atom stereocenters. The van der Waals surface area contributed by atoms with Crippen molar-refractivity contribution < 1.29 is 24.3 Å². The lowest BCUT2D eigenvalue weighted by atomic mass is 9.99. The standard InChI is InChI=1S/C13H22N4O4/c1-15-6-4-10(5-7-15)21-17-8-9(16(20)13(17)19)2-3-11(17)12(14)18/h9-11,20H,2-8H2,1H3,(H-,14,18)/p+1/t9-,11+,17?/m1/s1. The van der Waals surface area contributed by atoms with E-state index in [0.29, 0.717) is 19.4 Å². The SMILES string of the molecule is CN1CCC(O[N+]23C[C@@H](CC[C@H]2C(N)=O)N(O)C3=O)CC1. The quantitative estimate of drug-likeness (QED) is 0.549. The molecule has 21 heavy (non-hydrogen) atoms. The van der Waals surface area contributed by atoms with Gasteiger partial charge in [-0.25, -0.2) is 4.79 Å². The molecular weight excluding hydrogens is 276 g/mol. The third kappa shape index (κ3) is 2.32. The summed E-state index contributed by atoms with van der Waals surface area (Å²) in [5.74, 6) is -0.537. The molecule has 3 aliphatic rings. The molecular formula is C13H23N4O4+. The van der Waals surface area contributed by atoms with E-state index in [1.807, 2.05) is 7.05 Å². The maximum atomic E-state index is 12.5. The number of fused-ring (bicyclic) bond motifs is 2. The van der Waals surface area contributed by atoms with Crippen LogP contribution in [-0.4, -0.2) is 76.6 Å². The number of carbonyl (C=O) groups is 2. The third-order valence-electron chi connectivity index (χ3n) is 4.96. The van der Waals surface area contributed by atoms with Gasteiger partial charge in [0.25, 0.3) is 5.91 Å². The molecule has 0 spiro atoms. The van der Waals surface area contributed by atoms with Gasteiger partial charge in [0.05, 0.1) is 0 Å². The van der Waals surface area contributed by atoms with E-state index in [0.717, 1.165) is 31.0 Å². The van der Waals surface area contributed by atoms with E-state index in [1.54, 1.807) is 0 Å². The summed E-state index contributed by atoms with van der Waals surface area (Å²) in [5, 5.41) is 10.7. The Morgan fingerprint density at radius 3 is 2.62 bits per heavy atom.